The van der Waals surface area contributed by atoms with E-state index in [1.54, 1.807) is 30.3 Å². The summed E-state index contributed by atoms with van der Waals surface area (Å²) >= 11 is 0. The van der Waals surface area contributed by atoms with E-state index in [0.717, 1.165) is 11.3 Å². The van der Waals surface area contributed by atoms with Crippen LogP contribution in [0.4, 0.5) is 5.69 Å². The number of nitrogens with one attached hydrogen (secondary N) is 1. The summed E-state index contributed by atoms with van der Waals surface area (Å²) in [5.41, 5.74) is 3.10. The lowest BCUT2D eigenvalue weighted by Gasteiger charge is -2.30. The van der Waals surface area contributed by atoms with Crippen molar-refractivity contribution in [2.45, 2.75) is 31.6 Å². The lowest BCUT2D eigenvalue weighted by molar-refractivity contribution is -0.120. The van der Waals surface area contributed by atoms with Crippen LogP contribution in [0, 0.1) is 19.8 Å². The first-order chi connectivity index (χ1) is 12.4. The van der Waals surface area contributed by atoms with Crippen LogP contribution in [0.2, 0.25) is 0 Å². The van der Waals surface area contributed by atoms with E-state index >= 15 is 0 Å². The van der Waals surface area contributed by atoms with E-state index in [1.165, 1.54) is 9.87 Å². The highest BCUT2D eigenvalue weighted by Gasteiger charge is 2.32. The summed E-state index contributed by atoms with van der Waals surface area (Å²) < 4.78 is 26.8. The third kappa shape index (κ3) is 3.97. The molecule has 3 rings (SSSR count). The van der Waals surface area contributed by atoms with Gasteiger partial charge in [0, 0.05) is 24.7 Å². The highest BCUT2D eigenvalue weighted by Crippen LogP contribution is 2.25. The van der Waals surface area contributed by atoms with Gasteiger partial charge in [0.05, 0.1) is 4.90 Å². The summed E-state index contributed by atoms with van der Waals surface area (Å²) in [5.74, 6) is -0.205. The van der Waals surface area contributed by atoms with Crippen molar-refractivity contribution in [2.24, 2.45) is 5.92 Å². The first-order valence-corrected chi connectivity index (χ1v) is 10.3. The molecule has 1 N–H and O–H groups in total. The first-order valence-electron chi connectivity index (χ1n) is 8.81. The predicted molar refractivity (Wildman–Crippen MR) is 102 cm³/mol. The Hall–Kier alpha value is -2.18. The van der Waals surface area contributed by atoms with Gasteiger partial charge in [-0.25, -0.2) is 8.42 Å². The molecule has 26 heavy (non-hydrogen) atoms. The van der Waals surface area contributed by atoms with Crippen LogP contribution >= 0.6 is 0 Å². The average Bonchev–Trinajstić information content (AvgIpc) is 2.65. The third-order valence-electron chi connectivity index (χ3n) is 4.98. The van der Waals surface area contributed by atoms with Crippen molar-refractivity contribution in [3.8, 4) is 0 Å². The number of hydrogen-bond acceptors (Lipinski definition) is 3. The number of amides is 1. The number of benzene rings is 2. The molecule has 1 amide bonds. The Morgan fingerprint density at radius 2 is 1.65 bits per heavy atom. The van der Waals surface area contributed by atoms with E-state index in [4.69, 9.17) is 0 Å². The molecule has 0 unspecified atom stereocenters. The van der Waals surface area contributed by atoms with Crippen molar-refractivity contribution in [3.63, 3.8) is 0 Å². The Bertz CT molecular complexity index is 887. The number of carbonyl (C=O) groups is 1. The maximum Gasteiger partial charge on any atom is 0.243 e. The molecule has 6 heteroatoms. The van der Waals surface area contributed by atoms with Gasteiger partial charge in [-0.2, -0.15) is 4.31 Å². The van der Waals surface area contributed by atoms with Crippen LogP contribution in [-0.2, 0) is 14.8 Å². The molecule has 0 radical (unpaired) electrons. The fraction of sp³-hybridized carbons (Fsp3) is 0.350. The quantitative estimate of drug-likeness (QED) is 0.895. The largest absolute Gasteiger partial charge is 0.326 e. The normalized spacial score (nSPS) is 16.4. The Balaban J connectivity index is 1.61. The molecule has 1 aliphatic rings. The number of aryl methyl sites for hydroxylation is 2. The fourth-order valence-corrected chi connectivity index (χ4v) is 4.65. The fourth-order valence-electron chi connectivity index (χ4n) is 3.16. The highest BCUT2D eigenvalue weighted by molar-refractivity contribution is 7.89. The summed E-state index contributed by atoms with van der Waals surface area (Å²) in [6.07, 6.45) is 1.06. The average molecular weight is 372 g/mol. The summed E-state index contributed by atoms with van der Waals surface area (Å²) in [4.78, 5) is 12.8. The van der Waals surface area contributed by atoms with Crippen molar-refractivity contribution in [1.82, 2.24) is 4.31 Å². The van der Waals surface area contributed by atoms with Gasteiger partial charge in [-0.3, -0.25) is 4.79 Å². The standard InChI is InChI=1S/C20H24N2O3S/c1-15-8-9-18(14-16(15)2)21-20(23)17-10-12-22(13-11-17)26(24,25)19-6-4-3-5-7-19/h3-9,14,17H,10-13H2,1-2H3,(H,21,23). The van der Waals surface area contributed by atoms with Crippen LogP contribution < -0.4 is 5.32 Å². The Kier molecular flexibility index (Phi) is 5.44. The predicted octanol–water partition coefficient (Wildman–Crippen LogP) is 3.34. The smallest absolute Gasteiger partial charge is 0.243 e. The second-order valence-electron chi connectivity index (χ2n) is 6.78. The van der Waals surface area contributed by atoms with E-state index in [1.807, 2.05) is 32.0 Å². The number of anilines is 1. The van der Waals surface area contributed by atoms with E-state index in [0.29, 0.717) is 30.8 Å². The Labute approximate surface area is 155 Å². The van der Waals surface area contributed by atoms with Crippen molar-refractivity contribution in [3.05, 3.63) is 59.7 Å². The van der Waals surface area contributed by atoms with Gasteiger partial charge >= 0.3 is 0 Å². The van der Waals surface area contributed by atoms with Crippen LogP contribution in [-0.4, -0.2) is 31.7 Å². The SMILES string of the molecule is Cc1ccc(NC(=O)C2CCN(S(=O)(=O)c3ccccc3)CC2)cc1C. The van der Waals surface area contributed by atoms with Gasteiger partial charge in [-0.05, 0) is 62.1 Å². The Morgan fingerprint density at radius 3 is 2.27 bits per heavy atom. The van der Waals surface area contributed by atoms with Crippen molar-refractivity contribution < 1.29 is 13.2 Å². The molecular formula is C20H24N2O3S. The summed E-state index contributed by atoms with van der Waals surface area (Å²) in [6, 6.07) is 14.3. The maximum absolute atomic E-state index is 12.6. The van der Waals surface area contributed by atoms with Gasteiger partial charge in [-0.15, -0.1) is 0 Å². The highest BCUT2D eigenvalue weighted by atomic mass is 32.2. The number of rotatable bonds is 4. The molecule has 0 bridgehead atoms. The van der Waals surface area contributed by atoms with E-state index in [-0.39, 0.29) is 11.8 Å². The van der Waals surface area contributed by atoms with Crippen LogP contribution in [0.1, 0.15) is 24.0 Å². The first kappa shape index (κ1) is 18.6. The zero-order valence-electron chi connectivity index (χ0n) is 15.1. The summed E-state index contributed by atoms with van der Waals surface area (Å²) in [5, 5.41) is 2.96. The molecule has 0 aliphatic carbocycles. The molecular weight excluding hydrogens is 348 g/mol. The number of sulfonamides is 1. The molecule has 5 nitrogen and oxygen atoms in total. The maximum atomic E-state index is 12.6. The second-order valence-corrected chi connectivity index (χ2v) is 8.72. The monoisotopic (exact) mass is 372 g/mol. The van der Waals surface area contributed by atoms with Gasteiger partial charge < -0.3 is 5.32 Å². The van der Waals surface area contributed by atoms with Gasteiger partial charge in [0.15, 0.2) is 0 Å². The third-order valence-corrected chi connectivity index (χ3v) is 6.89. The molecule has 1 heterocycles. The minimum Gasteiger partial charge on any atom is -0.326 e. The number of nitrogens with zero attached hydrogens (tertiary/aromatic N) is 1. The molecule has 1 saturated heterocycles. The lowest BCUT2D eigenvalue weighted by atomic mass is 9.97. The minimum atomic E-state index is -3.48. The molecule has 2 aromatic carbocycles. The molecule has 0 aromatic heterocycles. The van der Waals surface area contributed by atoms with Gasteiger partial charge in [-0.1, -0.05) is 24.3 Å². The second kappa shape index (κ2) is 7.60. The summed E-state index contributed by atoms with van der Waals surface area (Å²) in [7, 11) is -3.48. The molecule has 0 spiro atoms. The van der Waals surface area contributed by atoms with E-state index in [2.05, 4.69) is 5.32 Å². The topological polar surface area (TPSA) is 66.5 Å². The molecule has 0 saturated carbocycles. The number of hydrogen-bond donors (Lipinski definition) is 1. The van der Waals surface area contributed by atoms with Crippen molar-refractivity contribution in [2.75, 3.05) is 18.4 Å². The van der Waals surface area contributed by atoms with Crippen molar-refractivity contribution >= 4 is 21.6 Å². The van der Waals surface area contributed by atoms with Gasteiger partial charge in [0.1, 0.15) is 0 Å². The van der Waals surface area contributed by atoms with E-state index < -0.39 is 10.0 Å². The molecule has 2 aromatic rings. The minimum absolute atomic E-state index is 0.0370. The lowest BCUT2D eigenvalue weighted by Crippen LogP contribution is -2.41. The number of carbonyl (C=O) groups excluding carboxylic acids is 1. The van der Waals surface area contributed by atoms with E-state index in [9.17, 15) is 13.2 Å². The van der Waals surface area contributed by atoms with Crippen LogP contribution in [0.5, 0.6) is 0 Å². The Morgan fingerprint density at radius 1 is 1.00 bits per heavy atom. The van der Waals surface area contributed by atoms with Crippen molar-refractivity contribution in [1.29, 1.82) is 0 Å². The summed E-state index contributed by atoms with van der Waals surface area (Å²) in [6.45, 7) is 4.77. The van der Waals surface area contributed by atoms with Crippen LogP contribution in [0.25, 0.3) is 0 Å². The van der Waals surface area contributed by atoms with Crippen LogP contribution in [0.3, 0.4) is 0 Å². The number of piperidine rings is 1. The zero-order valence-corrected chi connectivity index (χ0v) is 15.9. The van der Waals surface area contributed by atoms with Gasteiger partial charge in [0.25, 0.3) is 0 Å². The molecule has 1 fully saturated rings. The zero-order chi connectivity index (χ0) is 18.7. The van der Waals surface area contributed by atoms with Gasteiger partial charge in [0.2, 0.25) is 15.9 Å². The van der Waals surface area contributed by atoms with Crippen LogP contribution in [0.15, 0.2) is 53.4 Å². The molecule has 1 aliphatic heterocycles. The molecule has 138 valence electrons. The molecule has 0 atom stereocenters.